The Morgan fingerprint density at radius 1 is 1.33 bits per heavy atom. The van der Waals surface area contributed by atoms with Gasteiger partial charge in [-0.15, -0.1) is 11.6 Å². The summed E-state index contributed by atoms with van der Waals surface area (Å²) in [6.45, 7) is 1.73. The van der Waals surface area contributed by atoms with E-state index in [1.807, 2.05) is 6.07 Å². The molecule has 1 saturated heterocycles. The molecule has 1 aromatic rings. The Morgan fingerprint density at radius 2 is 2.22 bits per heavy atom. The molecule has 0 radical (unpaired) electrons. The number of anilines is 1. The molecule has 3 rings (SSSR count). The zero-order valence-electron chi connectivity index (χ0n) is 10.2. The topological polar surface area (TPSA) is 12.5 Å². The van der Waals surface area contributed by atoms with E-state index in [9.17, 15) is 0 Å². The standard InChI is InChI=1S/C14H17Cl2NO/c15-9-10-4-5-12(11(16)8-10)17-6-7-18-14-3-1-2-13(14)17/h4-5,8,13-14H,1-3,6-7,9H2. The number of ether oxygens (including phenoxy) is 1. The molecule has 0 bridgehead atoms. The van der Waals surface area contributed by atoms with Crippen LogP contribution in [0, 0.1) is 0 Å². The van der Waals surface area contributed by atoms with Crippen LogP contribution in [0.15, 0.2) is 18.2 Å². The Morgan fingerprint density at radius 3 is 3.00 bits per heavy atom. The van der Waals surface area contributed by atoms with Crippen LogP contribution in [0.4, 0.5) is 5.69 Å². The summed E-state index contributed by atoms with van der Waals surface area (Å²) in [6, 6.07) is 6.63. The van der Waals surface area contributed by atoms with Crippen molar-refractivity contribution in [3.8, 4) is 0 Å². The second-order valence-corrected chi connectivity index (χ2v) is 5.69. The lowest BCUT2D eigenvalue weighted by Gasteiger charge is -2.39. The monoisotopic (exact) mass is 285 g/mol. The maximum Gasteiger partial charge on any atom is 0.0779 e. The van der Waals surface area contributed by atoms with E-state index in [4.69, 9.17) is 27.9 Å². The molecular weight excluding hydrogens is 269 g/mol. The molecule has 0 spiro atoms. The minimum absolute atomic E-state index is 0.391. The lowest BCUT2D eigenvalue weighted by atomic mass is 10.1. The fraction of sp³-hybridized carbons (Fsp3) is 0.571. The fourth-order valence-electron chi connectivity index (χ4n) is 3.09. The van der Waals surface area contributed by atoms with Gasteiger partial charge in [-0.25, -0.2) is 0 Å². The van der Waals surface area contributed by atoms with E-state index in [-0.39, 0.29) is 0 Å². The number of nitrogens with zero attached hydrogens (tertiary/aromatic N) is 1. The van der Waals surface area contributed by atoms with Gasteiger partial charge in [-0.1, -0.05) is 17.7 Å². The summed E-state index contributed by atoms with van der Waals surface area (Å²) in [7, 11) is 0. The van der Waals surface area contributed by atoms with Gasteiger partial charge in [-0.2, -0.15) is 0 Å². The van der Waals surface area contributed by atoms with Crippen molar-refractivity contribution in [3.05, 3.63) is 28.8 Å². The molecule has 98 valence electrons. The second kappa shape index (κ2) is 5.28. The first-order valence-electron chi connectivity index (χ1n) is 6.52. The van der Waals surface area contributed by atoms with E-state index in [0.717, 1.165) is 29.4 Å². The number of rotatable bonds is 2. The largest absolute Gasteiger partial charge is 0.374 e. The lowest BCUT2D eigenvalue weighted by molar-refractivity contribution is 0.0256. The highest BCUT2D eigenvalue weighted by Crippen LogP contribution is 2.36. The zero-order valence-corrected chi connectivity index (χ0v) is 11.8. The number of hydrogen-bond donors (Lipinski definition) is 0. The molecule has 0 amide bonds. The Hall–Kier alpha value is -0.440. The predicted molar refractivity (Wildman–Crippen MR) is 75.7 cm³/mol. The van der Waals surface area contributed by atoms with Gasteiger partial charge < -0.3 is 9.64 Å². The van der Waals surface area contributed by atoms with Crippen molar-refractivity contribution in [2.24, 2.45) is 0 Å². The summed E-state index contributed by atoms with van der Waals surface area (Å²) < 4.78 is 5.83. The van der Waals surface area contributed by atoms with Gasteiger partial charge in [0.15, 0.2) is 0 Å². The molecule has 2 atom stereocenters. The average molecular weight is 286 g/mol. The molecule has 1 aromatic carbocycles. The van der Waals surface area contributed by atoms with Crippen LogP contribution in [0.5, 0.6) is 0 Å². The number of hydrogen-bond acceptors (Lipinski definition) is 2. The van der Waals surface area contributed by atoms with Gasteiger partial charge in [0.2, 0.25) is 0 Å². The minimum atomic E-state index is 0.391. The van der Waals surface area contributed by atoms with Crippen LogP contribution in [-0.2, 0) is 10.6 Å². The van der Waals surface area contributed by atoms with Gasteiger partial charge in [-0.05, 0) is 37.0 Å². The Kier molecular flexibility index (Phi) is 3.69. The molecule has 18 heavy (non-hydrogen) atoms. The predicted octanol–water partition coefficient (Wildman–Crippen LogP) is 3.84. The van der Waals surface area contributed by atoms with Crippen molar-refractivity contribution >= 4 is 28.9 Å². The number of benzene rings is 1. The smallest absolute Gasteiger partial charge is 0.0779 e. The first kappa shape index (κ1) is 12.6. The van der Waals surface area contributed by atoms with Gasteiger partial charge in [-0.3, -0.25) is 0 Å². The number of halogens is 2. The highest BCUT2D eigenvalue weighted by Gasteiger charge is 2.36. The van der Waals surface area contributed by atoms with Gasteiger partial charge in [0.1, 0.15) is 0 Å². The highest BCUT2D eigenvalue weighted by atomic mass is 35.5. The maximum absolute atomic E-state index is 6.39. The van der Waals surface area contributed by atoms with Crippen LogP contribution in [0.3, 0.4) is 0 Å². The summed E-state index contributed by atoms with van der Waals surface area (Å²) >= 11 is 12.2. The van der Waals surface area contributed by atoms with Crippen LogP contribution < -0.4 is 4.90 Å². The maximum atomic E-state index is 6.39. The van der Waals surface area contributed by atoms with Gasteiger partial charge >= 0.3 is 0 Å². The fourth-order valence-corrected chi connectivity index (χ4v) is 3.57. The van der Waals surface area contributed by atoms with E-state index in [0.29, 0.717) is 18.0 Å². The van der Waals surface area contributed by atoms with Crippen LogP contribution >= 0.6 is 23.2 Å². The van der Waals surface area contributed by atoms with Crippen molar-refractivity contribution in [1.82, 2.24) is 0 Å². The third-order valence-corrected chi connectivity index (χ3v) is 4.57. The summed E-state index contributed by atoms with van der Waals surface area (Å²) in [5.74, 6) is 0.509. The van der Waals surface area contributed by atoms with E-state index in [1.54, 1.807) is 0 Å². The molecule has 1 heterocycles. The van der Waals surface area contributed by atoms with Crippen molar-refractivity contribution in [1.29, 1.82) is 0 Å². The van der Waals surface area contributed by atoms with Crippen molar-refractivity contribution < 1.29 is 4.74 Å². The summed E-state index contributed by atoms with van der Waals surface area (Å²) in [5.41, 5.74) is 2.20. The highest BCUT2D eigenvalue weighted by molar-refractivity contribution is 6.33. The normalized spacial score (nSPS) is 27.3. The van der Waals surface area contributed by atoms with E-state index >= 15 is 0 Å². The number of alkyl halides is 1. The molecule has 1 saturated carbocycles. The molecule has 0 aromatic heterocycles. The van der Waals surface area contributed by atoms with Crippen LogP contribution in [0.25, 0.3) is 0 Å². The average Bonchev–Trinajstić information content (AvgIpc) is 2.87. The summed E-state index contributed by atoms with van der Waals surface area (Å²) in [6.07, 6.45) is 4.03. The molecule has 1 aliphatic heterocycles. The Balaban J connectivity index is 1.89. The second-order valence-electron chi connectivity index (χ2n) is 5.02. The van der Waals surface area contributed by atoms with Crippen LogP contribution in [-0.4, -0.2) is 25.3 Å². The molecule has 4 heteroatoms. The lowest BCUT2D eigenvalue weighted by Crippen LogP contribution is -2.48. The third kappa shape index (κ3) is 2.22. The first-order chi connectivity index (χ1) is 8.79. The Bertz CT molecular complexity index is 438. The zero-order chi connectivity index (χ0) is 12.5. The van der Waals surface area contributed by atoms with Crippen LogP contribution in [0.1, 0.15) is 24.8 Å². The SMILES string of the molecule is ClCc1ccc(N2CCOC3CCCC32)c(Cl)c1. The number of fused-ring (bicyclic) bond motifs is 1. The van der Waals surface area contributed by atoms with Gasteiger partial charge in [0, 0.05) is 12.4 Å². The molecular formula is C14H17Cl2NO. The summed E-state index contributed by atoms with van der Waals surface area (Å²) in [4.78, 5) is 2.42. The molecule has 0 N–H and O–H groups in total. The van der Waals surface area contributed by atoms with Crippen molar-refractivity contribution in [3.63, 3.8) is 0 Å². The Labute approximate surface area is 118 Å². The molecule has 2 aliphatic rings. The van der Waals surface area contributed by atoms with Crippen LogP contribution in [0.2, 0.25) is 5.02 Å². The van der Waals surface area contributed by atoms with E-state index in [1.165, 1.54) is 19.3 Å². The van der Waals surface area contributed by atoms with Crippen molar-refractivity contribution in [2.75, 3.05) is 18.1 Å². The van der Waals surface area contributed by atoms with E-state index < -0.39 is 0 Å². The number of morpholine rings is 1. The van der Waals surface area contributed by atoms with Crippen molar-refractivity contribution in [2.45, 2.75) is 37.3 Å². The molecule has 2 fully saturated rings. The molecule has 2 nitrogen and oxygen atoms in total. The van der Waals surface area contributed by atoms with Gasteiger partial charge in [0.25, 0.3) is 0 Å². The van der Waals surface area contributed by atoms with Gasteiger partial charge in [0.05, 0.1) is 29.5 Å². The quantitative estimate of drug-likeness (QED) is 0.766. The third-order valence-electron chi connectivity index (χ3n) is 3.96. The summed E-state index contributed by atoms with van der Waals surface area (Å²) in [5, 5.41) is 0.806. The molecule has 2 unspecified atom stereocenters. The molecule has 1 aliphatic carbocycles. The minimum Gasteiger partial charge on any atom is -0.374 e. The van der Waals surface area contributed by atoms with E-state index in [2.05, 4.69) is 17.0 Å². The first-order valence-corrected chi connectivity index (χ1v) is 7.43.